The lowest BCUT2D eigenvalue weighted by molar-refractivity contribution is -0.102. The summed E-state index contributed by atoms with van der Waals surface area (Å²) in [4.78, 5) is 18.0. The molecule has 5 nitrogen and oxygen atoms in total. The fourth-order valence-corrected chi connectivity index (χ4v) is 0.790. The van der Waals surface area contributed by atoms with Gasteiger partial charge in [-0.05, 0) is 19.1 Å². The van der Waals surface area contributed by atoms with Crippen LogP contribution in [0.25, 0.3) is 0 Å². The smallest absolute Gasteiger partial charge is 0.277 e. The molecule has 0 fully saturated rings. The molecule has 1 rings (SSSR count). The van der Waals surface area contributed by atoms with Crippen LogP contribution in [0.3, 0.4) is 0 Å². The largest absolute Gasteiger partial charge is 0.357 e. The fourth-order valence-electron chi connectivity index (χ4n) is 0.665. The zero-order valence-electron chi connectivity index (χ0n) is 6.40. The Morgan fingerprint density at radius 2 is 2.67 bits per heavy atom. The summed E-state index contributed by atoms with van der Waals surface area (Å²) in [5, 5.41) is 2.33. The van der Waals surface area contributed by atoms with Crippen molar-refractivity contribution < 1.29 is 9.32 Å². The third-order valence-corrected chi connectivity index (χ3v) is 1.27. The first-order chi connectivity index (χ1) is 5.77. The van der Waals surface area contributed by atoms with Crippen LogP contribution in [0.1, 0.15) is 12.8 Å². The van der Waals surface area contributed by atoms with Crippen LogP contribution in [0.4, 0.5) is 0 Å². The number of nitrogens with zero attached hydrogens (tertiary/aromatic N) is 2. The van der Waals surface area contributed by atoms with Crippen molar-refractivity contribution in [2.24, 2.45) is 4.99 Å². The summed E-state index contributed by atoms with van der Waals surface area (Å²) in [6.07, 6.45) is 0.581. The van der Waals surface area contributed by atoms with Crippen LogP contribution in [0.2, 0.25) is 0 Å². The van der Waals surface area contributed by atoms with E-state index in [1.165, 1.54) is 0 Å². The van der Waals surface area contributed by atoms with E-state index in [0.29, 0.717) is 12.8 Å². The van der Waals surface area contributed by atoms with Gasteiger partial charge in [0.2, 0.25) is 4.77 Å². The summed E-state index contributed by atoms with van der Waals surface area (Å²) in [6.45, 7) is 2.31. The Morgan fingerprint density at radius 3 is 3.08 bits per heavy atom. The Bertz CT molecular complexity index is 352. The van der Waals surface area contributed by atoms with E-state index in [4.69, 9.17) is 4.52 Å². The quantitative estimate of drug-likeness (QED) is 0.428. The average Bonchev–Trinajstić information content (AvgIpc) is 2.47. The molecule has 0 aromatic carbocycles. The van der Waals surface area contributed by atoms with Gasteiger partial charge in [-0.1, -0.05) is 0 Å². The highest BCUT2D eigenvalue weighted by atomic mass is 32.1. The van der Waals surface area contributed by atoms with Crippen molar-refractivity contribution in [1.29, 1.82) is 0 Å². The van der Waals surface area contributed by atoms with Gasteiger partial charge in [0.25, 0.3) is 5.89 Å². The Balaban J connectivity index is 3.02. The van der Waals surface area contributed by atoms with Crippen LogP contribution in [-0.2, 0) is 4.79 Å². The van der Waals surface area contributed by atoms with Crippen molar-refractivity contribution in [2.75, 3.05) is 6.54 Å². The van der Waals surface area contributed by atoms with Crippen molar-refractivity contribution in [3.63, 3.8) is 0 Å². The lowest BCUT2D eigenvalue weighted by atomic mass is 10.4. The molecule has 0 saturated carbocycles. The highest BCUT2D eigenvalue weighted by Crippen LogP contribution is 1.94. The molecule has 1 aromatic rings. The van der Waals surface area contributed by atoms with E-state index in [0.717, 1.165) is 0 Å². The Kier molecular flexibility index (Phi) is 2.87. The second-order valence-corrected chi connectivity index (χ2v) is 2.29. The van der Waals surface area contributed by atoms with Gasteiger partial charge in [-0.3, -0.25) is 9.79 Å². The molecule has 0 spiro atoms. The van der Waals surface area contributed by atoms with Crippen LogP contribution < -0.4 is 0 Å². The SMILES string of the molecule is CCN=C(C=O)c1nc(=S)[nH]o1. The molecule has 0 aliphatic carbocycles. The summed E-state index contributed by atoms with van der Waals surface area (Å²) < 4.78 is 4.97. The minimum atomic E-state index is 0.136. The summed E-state index contributed by atoms with van der Waals surface area (Å²) in [5.74, 6) is 0.136. The van der Waals surface area contributed by atoms with Gasteiger partial charge in [-0.2, -0.15) is 10.1 Å². The van der Waals surface area contributed by atoms with Crippen LogP contribution in [0.15, 0.2) is 9.52 Å². The zero-order valence-corrected chi connectivity index (χ0v) is 7.22. The van der Waals surface area contributed by atoms with Gasteiger partial charge >= 0.3 is 0 Å². The maximum Gasteiger partial charge on any atom is 0.277 e. The van der Waals surface area contributed by atoms with E-state index in [-0.39, 0.29) is 16.4 Å². The predicted octanol–water partition coefficient (Wildman–Crippen LogP) is 0.740. The second kappa shape index (κ2) is 3.91. The summed E-state index contributed by atoms with van der Waals surface area (Å²) in [7, 11) is 0. The molecule has 1 heterocycles. The number of carbonyl (C=O) groups is 1. The van der Waals surface area contributed by atoms with Crippen molar-refractivity contribution in [1.82, 2.24) is 10.1 Å². The molecule has 0 saturated heterocycles. The number of nitrogens with one attached hydrogen (secondary N) is 1. The molecule has 1 aromatic heterocycles. The van der Waals surface area contributed by atoms with E-state index < -0.39 is 0 Å². The first-order valence-corrected chi connectivity index (χ1v) is 3.74. The van der Waals surface area contributed by atoms with Crippen LogP contribution >= 0.6 is 12.2 Å². The van der Waals surface area contributed by atoms with Gasteiger partial charge in [-0.25, -0.2) is 0 Å². The molecule has 0 aliphatic heterocycles. The first-order valence-electron chi connectivity index (χ1n) is 3.33. The summed E-state index contributed by atoms with van der Waals surface area (Å²) >= 11 is 4.65. The van der Waals surface area contributed by atoms with Crippen LogP contribution in [-0.4, -0.2) is 28.7 Å². The number of aromatic amines is 1. The minimum Gasteiger partial charge on any atom is -0.357 e. The average molecular weight is 185 g/mol. The molecular weight excluding hydrogens is 178 g/mol. The standard InChI is InChI=1S/C6H7N3O2S/c1-2-7-4(3-10)5-8-6(12)9-11-5/h3H,2H2,1H3,(H,9,12). The number of rotatable bonds is 3. The topological polar surface area (TPSA) is 71.2 Å². The van der Waals surface area contributed by atoms with E-state index in [1.807, 2.05) is 6.92 Å². The Labute approximate surface area is 73.5 Å². The van der Waals surface area contributed by atoms with Crippen LogP contribution in [0, 0.1) is 4.77 Å². The number of aromatic nitrogens is 2. The van der Waals surface area contributed by atoms with E-state index in [9.17, 15) is 4.79 Å². The maximum atomic E-state index is 10.4. The lowest BCUT2D eigenvalue weighted by Gasteiger charge is -1.87. The molecular formula is C6H7N3O2S. The number of aldehydes is 1. The summed E-state index contributed by atoms with van der Waals surface area (Å²) in [6, 6.07) is 0. The fraction of sp³-hybridized carbons (Fsp3) is 0.333. The van der Waals surface area contributed by atoms with Gasteiger partial charge < -0.3 is 4.52 Å². The van der Waals surface area contributed by atoms with Gasteiger partial charge in [-0.15, -0.1) is 0 Å². The van der Waals surface area contributed by atoms with Gasteiger partial charge in [0.15, 0.2) is 12.0 Å². The monoisotopic (exact) mass is 185 g/mol. The zero-order chi connectivity index (χ0) is 8.97. The minimum absolute atomic E-state index is 0.136. The molecule has 0 radical (unpaired) electrons. The summed E-state index contributed by atoms with van der Waals surface area (Å²) in [5.41, 5.74) is 0.171. The molecule has 0 bridgehead atoms. The number of hydrogen-bond acceptors (Lipinski definition) is 5. The highest BCUT2D eigenvalue weighted by Gasteiger charge is 2.07. The third kappa shape index (κ3) is 1.85. The van der Waals surface area contributed by atoms with E-state index in [1.54, 1.807) is 0 Å². The Hall–Kier alpha value is -1.30. The predicted molar refractivity (Wildman–Crippen MR) is 44.8 cm³/mol. The van der Waals surface area contributed by atoms with Gasteiger partial charge in [0.1, 0.15) is 0 Å². The van der Waals surface area contributed by atoms with Crippen molar-refractivity contribution in [2.45, 2.75) is 6.92 Å². The van der Waals surface area contributed by atoms with Crippen LogP contribution in [0.5, 0.6) is 0 Å². The lowest BCUT2D eigenvalue weighted by Crippen LogP contribution is -2.03. The molecule has 64 valence electrons. The van der Waals surface area contributed by atoms with E-state index in [2.05, 4.69) is 27.4 Å². The normalized spacial score (nSPS) is 11.6. The van der Waals surface area contributed by atoms with Crippen molar-refractivity contribution in [3.05, 3.63) is 10.7 Å². The molecule has 6 heteroatoms. The Morgan fingerprint density at radius 1 is 1.92 bits per heavy atom. The molecule has 0 aliphatic rings. The number of hydrogen-bond donors (Lipinski definition) is 1. The molecule has 12 heavy (non-hydrogen) atoms. The molecule has 0 unspecified atom stereocenters. The highest BCUT2D eigenvalue weighted by molar-refractivity contribution is 7.71. The molecule has 0 amide bonds. The molecule has 1 N–H and O–H groups in total. The number of H-pyrrole nitrogens is 1. The molecule has 0 atom stereocenters. The third-order valence-electron chi connectivity index (χ3n) is 1.10. The number of carbonyl (C=O) groups excluding carboxylic acids is 1. The van der Waals surface area contributed by atoms with Crippen molar-refractivity contribution >= 4 is 24.2 Å². The first kappa shape index (κ1) is 8.79. The maximum absolute atomic E-state index is 10.4. The number of aliphatic imine (C=N–C) groups is 1. The van der Waals surface area contributed by atoms with E-state index >= 15 is 0 Å². The second-order valence-electron chi connectivity index (χ2n) is 1.90. The van der Waals surface area contributed by atoms with Gasteiger partial charge in [0.05, 0.1) is 0 Å². The van der Waals surface area contributed by atoms with Crippen molar-refractivity contribution in [3.8, 4) is 0 Å². The van der Waals surface area contributed by atoms with Gasteiger partial charge in [0, 0.05) is 6.54 Å².